The van der Waals surface area contributed by atoms with Gasteiger partial charge in [0.2, 0.25) is 0 Å². The summed E-state index contributed by atoms with van der Waals surface area (Å²) in [7, 11) is 1.67. The van der Waals surface area contributed by atoms with Gasteiger partial charge in [-0.1, -0.05) is 30.3 Å². The van der Waals surface area contributed by atoms with Gasteiger partial charge in [0.05, 0.1) is 13.2 Å². The topological polar surface area (TPSA) is 51.2 Å². The first kappa shape index (κ1) is 20.6. The summed E-state index contributed by atoms with van der Waals surface area (Å²) in [6.07, 6.45) is 1.86. The number of para-hydroxylation sites is 1. The number of aliphatic hydroxyl groups is 1. The minimum absolute atomic E-state index is 0.239. The van der Waals surface area contributed by atoms with Gasteiger partial charge >= 0.3 is 0 Å². The lowest BCUT2D eigenvalue weighted by molar-refractivity contribution is 0.0312. The number of hydrogen-bond donors (Lipinski definition) is 1. The van der Waals surface area contributed by atoms with Gasteiger partial charge in [-0.3, -0.25) is 4.90 Å². The molecule has 1 aliphatic heterocycles. The second-order valence-electron chi connectivity index (χ2n) is 7.41. The maximum absolute atomic E-state index is 10.6. The summed E-state index contributed by atoms with van der Waals surface area (Å²) in [5, 5.41) is 10.6. The van der Waals surface area contributed by atoms with E-state index in [9.17, 15) is 5.11 Å². The zero-order valence-corrected chi connectivity index (χ0v) is 16.8. The van der Waals surface area contributed by atoms with Gasteiger partial charge < -0.3 is 19.3 Å². The molecule has 0 spiro atoms. The lowest BCUT2D eigenvalue weighted by atomic mass is 10.1. The van der Waals surface area contributed by atoms with E-state index in [-0.39, 0.29) is 12.7 Å². The Morgan fingerprint density at radius 3 is 2.64 bits per heavy atom. The summed E-state index contributed by atoms with van der Waals surface area (Å²) in [6.45, 7) is 5.22. The summed E-state index contributed by atoms with van der Waals surface area (Å²) < 4.78 is 16.9. The highest BCUT2D eigenvalue weighted by atomic mass is 16.5. The average Bonchev–Trinajstić information content (AvgIpc) is 3.21. The number of benzene rings is 2. The molecule has 2 aromatic rings. The van der Waals surface area contributed by atoms with E-state index in [4.69, 9.17) is 14.2 Å². The van der Waals surface area contributed by atoms with Crippen molar-refractivity contribution in [1.82, 2.24) is 4.90 Å². The van der Waals surface area contributed by atoms with Crippen molar-refractivity contribution in [2.45, 2.75) is 38.5 Å². The van der Waals surface area contributed by atoms with Crippen molar-refractivity contribution in [2.24, 2.45) is 0 Å². The second-order valence-corrected chi connectivity index (χ2v) is 7.41. The molecule has 0 radical (unpaired) electrons. The number of methoxy groups -OCH3 is 1. The molecular weight excluding hydrogens is 354 g/mol. The first-order valence-electron chi connectivity index (χ1n) is 9.97. The highest BCUT2D eigenvalue weighted by Gasteiger charge is 2.21. The summed E-state index contributed by atoms with van der Waals surface area (Å²) in [6, 6.07) is 15.9. The zero-order valence-electron chi connectivity index (χ0n) is 16.8. The minimum Gasteiger partial charge on any atom is -0.497 e. The fourth-order valence-corrected chi connectivity index (χ4v) is 3.52. The molecule has 2 aromatic carbocycles. The number of hydrogen-bond acceptors (Lipinski definition) is 5. The minimum atomic E-state index is -0.570. The molecule has 1 aliphatic rings. The predicted molar refractivity (Wildman–Crippen MR) is 110 cm³/mol. The molecule has 152 valence electrons. The third-order valence-electron chi connectivity index (χ3n) is 5.04. The molecule has 0 amide bonds. The zero-order chi connectivity index (χ0) is 19.8. The SMILES string of the molecule is COc1ccc(CN(C[C@H](O)COc2ccccc2C)C[C@H]2CCCO2)cc1. The van der Waals surface area contributed by atoms with E-state index >= 15 is 0 Å². The van der Waals surface area contributed by atoms with Crippen molar-refractivity contribution in [3.05, 3.63) is 59.7 Å². The van der Waals surface area contributed by atoms with Crippen LogP contribution in [0.2, 0.25) is 0 Å². The fraction of sp³-hybridized carbons (Fsp3) is 0.478. The van der Waals surface area contributed by atoms with Gasteiger partial charge in [-0.2, -0.15) is 0 Å². The van der Waals surface area contributed by atoms with Crippen LogP contribution in [0.1, 0.15) is 24.0 Å². The van der Waals surface area contributed by atoms with E-state index in [0.717, 1.165) is 49.6 Å². The van der Waals surface area contributed by atoms with E-state index in [1.54, 1.807) is 7.11 Å². The maximum atomic E-state index is 10.6. The molecule has 1 heterocycles. The van der Waals surface area contributed by atoms with Crippen molar-refractivity contribution in [1.29, 1.82) is 0 Å². The highest BCUT2D eigenvalue weighted by molar-refractivity contribution is 5.31. The van der Waals surface area contributed by atoms with Gasteiger partial charge in [-0.15, -0.1) is 0 Å². The van der Waals surface area contributed by atoms with Crippen molar-refractivity contribution in [2.75, 3.05) is 33.4 Å². The lowest BCUT2D eigenvalue weighted by Gasteiger charge is -2.27. The number of rotatable bonds is 10. The predicted octanol–water partition coefficient (Wildman–Crippen LogP) is 3.42. The van der Waals surface area contributed by atoms with Gasteiger partial charge in [0.15, 0.2) is 0 Å². The van der Waals surface area contributed by atoms with Gasteiger partial charge in [-0.05, 0) is 49.1 Å². The third kappa shape index (κ3) is 6.23. The average molecular weight is 386 g/mol. The first-order valence-corrected chi connectivity index (χ1v) is 9.97. The molecule has 0 bridgehead atoms. The van der Waals surface area contributed by atoms with Crippen molar-refractivity contribution >= 4 is 0 Å². The van der Waals surface area contributed by atoms with Gasteiger partial charge in [-0.25, -0.2) is 0 Å². The highest BCUT2D eigenvalue weighted by Crippen LogP contribution is 2.19. The third-order valence-corrected chi connectivity index (χ3v) is 5.04. The van der Waals surface area contributed by atoms with E-state index < -0.39 is 6.10 Å². The van der Waals surface area contributed by atoms with Crippen molar-refractivity contribution < 1.29 is 19.3 Å². The molecular formula is C23H31NO4. The van der Waals surface area contributed by atoms with Crippen LogP contribution in [-0.4, -0.2) is 55.6 Å². The Morgan fingerprint density at radius 1 is 1.18 bits per heavy atom. The number of aryl methyl sites for hydroxylation is 1. The van der Waals surface area contributed by atoms with Crippen LogP contribution in [-0.2, 0) is 11.3 Å². The Kier molecular flexibility index (Phi) is 7.71. The Bertz CT molecular complexity index is 713. The first-order chi connectivity index (χ1) is 13.6. The fourth-order valence-electron chi connectivity index (χ4n) is 3.52. The molecule has 0 aromatic heterocycles. The molecule has 2 atom stereocenters. The molecule has 0 aliphatic carbocycles. The Balaban J connectivity index is 1.57. The number of nitrogens with zero attached hydrogens (tertiary/aromatic N) is 1. The van der Waals surface area contributed by atoms with E-state index in [1.807, 2.05) is 43.3 Å². The summed E-state index contributed by atoms with van der Waals surface area (Å²) >= 11 is 0. The van der Waals surface area contributed by atoms with Crippen LogP contribution < -0.4 is 9.47 Å². The quantitative estimate of drug-likeness (QED) is 0.679. The number of aliphatic hydroxyl groups excluding tert-OH is 1. The normalized spacial score (nSPS) is 17.6. The molecule has 0 saturated carbocycles. The molecule has 1 N–H and O–H groups in total. The van der Waals surface area contributed by atoms with Crippen molar-refractivity contribution in [3.8, 4) is 11.5 Å². The molecule has 28 heavy (non-hydrogen) atoms. The molecule has 0 unspecified atom stereocenters. The van der Waals surface area contributed by atoms with Crippen LogP contribution in [0.15, 0.2) is 48.5 Å². The Morgan fingerprint density at radius 2 is 1.96 bits per heavy atom. The Labute approximate surface area is 167 Å². The van der Waals surface area contributed by atoms with Gasteiger partial charge in [0, 0.05) is 26.2 Å². The molecule has 5 heteroatoms. The maximum Gasteiger partial charge on any atom is 0.122 e. The largest absolute Gasteiger partial charge is 0.497 e. The second kappa shape index (κ2) is 10.5. The van der Waals surface area contributed by atoms with Gasteiger partial charge in [0.1, 0.15) is 24.2 Å². The van der Waals surface area contributed by atoms with Crippen LogP contribution in [0.3, 0.4) is 0 Å². The standard InChI is InChI=1S/C23H31NO4/c1-18-6-3-4-8-23(18)28-17-20(25)15-24(16-22-7-5-13-27-22)14-19-9-11-21(26-2)12-10-19/h3-4,6,8-12,20,22,25H,5,7,13-17H2,1-2H3/t20-,22+/m0/s1. The van der Waals surface area contributed by atoms with Crippen LogP contribution in [0.4, 0.5) is 0 Å². The van der Waals surface area contributed by atoms with E-state index in [2.05, 4.69) is 17.0 Å². The van der Waals surface area contributed by atoms with Gasteiger partial charge in [0.25, 0.3) is 0 Å². The summed E-state index contributed by atoms with van der Waals surface area (Å²) in [5.74, 6) is 1.67. The molecule has 5 nitrogen and oxygen atoms in total. The monoisotopic (exact) mass is 385 g/mol. The van der Waals surface area contributed by atoms with Crippen molar-refractivity contribution in [3.63, 3.8) is 0 Å². The molecule has 1 fully saturated rings. The van der Waals surface area contributed by atoms with Crippen LogP contribution >= 0.6 is 0 Å². The van der Waals surface area contributed by atoms with Crippen LogP contribution in [0, 0.1) is 6.92 Å². The Hall–Kier alpha value is -2.08. The smallest absolute Gasteiger partial charge is 0.122 e. The number of ether oxygens (including phenoxy) is 3. The van der Waals surface area contributed by atoms with E-state index in [1.165, 1.54) is 5.56 Å². The summed E-state index contributed by atoms with van der Waals surface area (Å²) in [5.41, 5.74) is 2.26. The lowest BCUT2D eigenvalue weighted by Crippen LogP contribution is -2.39. The van der Waals surface area contributed by atoms with Crippen LogP contribution in [0.5, 0.6) is 11.5 Å². The molecule has 3 rings (SSSR count). The van der Waals surface area contributed by atoms with E-state index in [0.29, 0.717) is 6.54 Å². The summed E-state index contributed by atoms with van der Waals surface area (Å²) in [4.78, 5) is 2.25. The van der Waals surface area contributed by atoms with Crippen LogP contribution in [0.25, 0.3) is 0 Å². The molecule has 1 saturated heterocycles.